The van der Waals surface area contributed by atoms with Crippen molar-refractivity contribution >= 4 is 11.9 Å². The Bertz CT molecular complexity index is 513. The van der Waals surface area contributed by atoms with E-state index in [1.807, 2.05) is 0 Å². The Morgan fingerprint density at radius 3 is 2.63 bits per heavy atom. The number of hydrogen-bond acceptors (Lipinski definition) is 3. The van der Waals surface area contributed by atoms with Crippen LogP contribution >= 0.6 is 0 Å². The van der Waals surface area contributed by atoms with Crippen molar-refractivity contribution in [1.29, 1.82) is 0 Å². The molecule has 2 atom stereocenters. The topological polar surface area (TPSA) is 79.3 Å². The number of pyridine rings is 1. The van der Waals surface area contributed by atoms with Crippen LogP contribution in [0.1, 0.15) is 52.7 Å². The quantitative estimate of drug-likeness (QED) is 0.873. The van der Waals surface area contributed by atoms with Gasteiger partial charge in [0.2, 0.25) is 0 Å². The molecule has 2 rings (SSSR count). The van der Waals surface area contributed by atoms with Crippen LogP contribution in [-0.2, 0) is 0 Å². The summed E-state index contributed by atoms with van der Waals surface area (Å²) < 4.78 is 0. The van der Waals surface area contributed by atoms with Crippen LogP contribution in [0.2, 0.25) is 0 Å². The number of carboxylic acid groups (broad SMARTS) is 1. The molecule has 1 saturated carbocycles. The molecule has 0 radical (unpaired) electrons. The number of amides is 1. The van der Waals surface area contributed by atoms with E-state index in [-0.39, 0.29) is 23.2 Å². The number of hydrogen-bond donors (Lipinski definition) is 2. The van der Waals surface area contributed by atoms with E-state index in [9.17, 15) is 9.59 Å². The molecule has 0 aromatic carbocycles. The molecule has 1 amide bonds. The fourth-order valence-corrected chi connectivity index (χ4v) is 2.51. The Labute approximate surface area is 112 Å². The normalized spacial score (nSPS) is 22.2. The summed E-state index contributed by atoms with van der Waals surface area (Å²) in [5.74, 6) is -0.602. The monoisotopic (exact) mass is 262 g/mol. The number of carbonyl (C=O) groups is 2. The molecule has 5 nitrogen and oxygen atoms in total. The van der Waals surface area contributed by atoms with Crippen LogP contribution in [0.3, 0.4) is 0 Å². The summed E-state index contributed by atoms with van der Waals surface area (Å²) in [6.07, 6.45) is 3.13. The zero-order valence-corrected chi connectivity index (χ0v) is 11.1. The third-order valence-electron chi connectivity index (χ3n) is 3.58. The van der Waals surface area contributed by atoms with E-state index in [0.29, 0.717) is 11.6 Å². The third-order valence-corrected chi connectivity index (χ3v) is 3.58. The summed E-state index contributed by atoms with van der Waals surface area (Å²) in [5, 5.41) is 11.9. The van der Waals surface area contributed by atoms with Crippen LogP contribution in [0.15, 0.2) is 12.1 Å². The number of aromatic nitrogens is 1. The number of carbonyl (C=O) groups excluding carboxylic acids is 1. The van der Waals surface area contributed by atoms with Gasteiger partial charge >= 0.3 is 5.97 Å². The summed E-state index contributed by atoms with van der Waals surface area (Å²) in [4.78, 5) is 27.0. The maximum absolute atomic E-state index is 12.0. The van der Waals surface area contributed by atoms with Crippen LogP contribution < -0.4 is 5.32 Å². The zero-order valence-electron chi connectivity index (χ0n) is 11.1. The van der Waals surface area contributed by atoms with Gasteiger partial charge in [-0.1, -0.05) is 6.92 Å². The Kier molecular flexibility index (Phi) is 3.83. The molecule has 0 aliphatic heterocycles. The van der Waals surface area contributed by atoms with Gasteiger partial charge in [0.05, 0.1) is 11.3 Å². The summed E-state index contributed by atoms with van der Waals surface area (Å²) in [6.45, 7) is 3.77. The molecule has 2 N–H and O–H groups in total. The van der Waals surface area contributed by atoms with Crippen LogP contribution in [0.25, 0.3) is 0 Å². The lowest BCUT2D eigenvalue weighted by molar-refractivity contribution is 0.0694. The molecule has 1 aliphatic rings. The van der Waals surface area contributed by atoms with E-state index >= 15 is 0 Å². The number of nitrogens with one attached hydrogen (secondary N) is 1. The smallest absolute Gasteiger partial charge is 0.337 e. The first-order valence-corrected chi connectivity index (χ1v) is 6.49. The van der Waals surface area contributed by atoms with Crippen molar-refractivity contribution in [3.8, 4) is 0 Å². The van der Waals surface area contributed by atoms with E-state index in [1.54, 1.807) is 6.92 Å². The molecule has 1 aromatic heterocycles. The van der Waals surface area contributed by atoms with Crippen molar-refractivity contribution in [2.45, 2.75) is 39.2 Å². The van der Waals surface area contributed by atoms with Gasteiger partial charge in [0, 0.05) is 6.04 Å². The minimum absolute atomic E-state index is 0.131. The fraction of sp³-hybridized carbons (Fsp3) is 0.500. The lowest BCUT2D eigenvalue weighted by atomic mass is 10.1. The van der Waals surface area contributed by atoms with Crippen LogP contribution in [0, 0.1) is 12.8 Å². The minimum Gasteiger partial charge on any atom is -0.478 e. The maximum atomic E-state index is 12.0. The van der Waals surface area contributed by atoms with Crippen molar-refractivity contribution in [3.05, 3.63) is 29.1 Å². The van der Waals surface area contributed by atoms with Gasteiger partial charge in [-0.2, -0.15) is 0 Å². The van der Waals surface area contributed by atoms with Gasteiger partial charge in [-0.3, -0.25) is 4.79 Å². The lowest BCUT2D eigenvalue weighted by Gasteiger charge is -2.12. The van der Waals surface area contributed by atoms with Gasteiger partial charge in [0.1, 0.15) is 5.69 Å². The Balaban J connectivity index is 2.07. The second kappa shape index (κ2) is 5.38. The molecule has 0 bridgehead atoms. The van der Waals surface area contributed by atoms with Crippen LogP contribution in [0.5, 0.6) is 0 Å². The second-order valence-corrected chi connectivity index (χ2v) is 5.22. The van der Waals surface area contributed by atoms with Crippen molar-refractivity contribution in [3.63, 3.8) is 0 Å². The maximum Gasteiger partial charge on any atom is 0.337 e. The Hall–Kier alpha value is -1.91. The van der Waals surface area contributed by atoms with Gasteiger partial charge in [0.15, 0.2) is 0 Å². The minimum atomic E-state index is -1.03. The molecule has 5 heteroatoms. The predicted octanol–water partition coefficient (Wildman–Crippen LogP) is 2.01. The van der Waals surface area contributed by atoms with Crippen LogP contribution in [0.4, 0.5) is 0 Å². The summed E-state index contributed by atoms with van der Waals surface area (Å²) in [6, 6.07) is 3.10. The molecule has 102 valence electrons. The first-order valence-electron chi connectivity index (χ1n) is 6.49. The zero-order chi connectivity index (χ0) is 14.0. The average Bonchev–Trinajstić information content (AvgIpc) is 2.74. The SMILES string of the molecule is Cc1nc(C(=O)NC2CCC(C)C2)ccc1C(=O)O. The highest BCUT2D eigenvalue weighted by Crippen LogP contribution is 2.24. The average molecular weight is 262 g/mol. The number of rotatable bonds is 3. The van der Waals surface area contributed by atoms with Crippen LogP contribution in [-0.4, -0.2) is 28.0 Å². The molecular weight excluding hydrogens is 244 g/mol. The second-order valence-electron chi connectivity index (χ2n) is 5.22. The lowest BCUT2D eigenvalue weighted by Crippen LogP contribution is -2.33. The molecule has 2 unspecified atom stereocenters. The molecular formula is C14H18N2O3. The first-order chi connectivity index (χ1) is 8.97. The standard InChI is InChI=1S/C14H18N2O3/c1-8-3-4-10(7-8)16-13(17)12-6-5-11(14(18)19)9(2)15-12/h5-6,8,10H,3-4,7H2,1-2H3,(H,16,17)(H,18,19). The molecule has 0 spiro atoms. The first kappa shape index (κ1) is 13.5. The fourth-order valence-electron chi connectivity index (χ4n) is 2.51. The summed E-state index contributed by atoms with van der Waals surface area (Å²) in [5.41, 5.74) is 0.771. The van der Waals surface area contributed by atoms with Gasteiger partial charge in [-0.05, 0) is 44.2 Å². The van der Waals surface area contributed by atoms with E-state index in [0.717, 1.165) is 19.3 Å². The predicted molar refractivity (Wildman–Crippen MR) is 70.2 cm³/mol. The van der Waals surface area contributed by atoms with Crippen molar-refractivity contribution < 1.29 is 14.7 Å². The van der Waals surface area contributed by atoms with Crippen molar-refractivity contribution in [2.24, 2.45) is 5.92 Å². The molecule has 1 heterocycles. The number of aryl methyl sites for hydroxylation is 1. The van der Waals surface area contributed by atoms with Gasteiger partial charge in [-0.25, -0.2) is 9.78 Å². The Morgan fingerprint density at radius 2 is 2.11 bits per heavy atom. The van der Waals surface area contributed by atoms with E-state index in [4.69, 9.17) is 5.11 Å². The number of aromatic carboxylic acids is 1. The van der Waals surface area contributed by atoms with E-state index in [2.05, 4.69) is 17.2 Å². The highest BCUT2D eigenvalue weighted by molar-refractivity contribution is 5.94. The molecule has 0 saturated heterocycles. The molecule has 1 aliphatic carbocycles. The van der Waals surface area contributed by atoms with Gasteiger partial charge in [-0.15, -0.1) is 0 Å². The largest absolute Gasteiger partial charge is 0.478 e. The molecule has 1 fully saturated rings. The summed E-state index contributed by atoms with van der Waals surface area (Å²) >= 11 is 0. The van der Waals surface area contributed by atoms with Crippen molar-refractivity contribution in [2.75, 3.05) is 0 Å². The molecule has 1 aromatic rings. The van der Waals surface area contributed by atoms with E-state index < -0.39 is 5.97 Å². The van der Waals surface area contributed by atoms with Crippen molar-refractivity contribution in [1.82, 2.24) is 10.3 Å². The highest BCUT2D eigenvalue weighted by Gasteiger charge is 2.23. The van der Waals surface area contributed by atoms with E-state index in [1.165, 1.54) is 12.1 Å². The highest BCUT2D eigenvalue weighted by atomic mass is 16.4. The van der Waals surface area contributed by atoms with Gasteiger partial charge < -0.3 is 10.4 Å². The molecule has 19 heavy (non-hydrogen) atoms. The van der Waals surface area contributed by atoms with Gasteiger partial charge in [0.25, 0.3) is 5.91 Å². The number of carboxylic acids is 1. The number of nitrogens with zero attached hydrogens (tertiary/aromatic N) is 1. The third kappa shape index (κ3) is 3.10. The Morgan fingerprint density at radius 1 is 1.37 bits per heavy atom. The summed E-state index contributed by atoms with van der Waals surface area (Å²) in [7, 11) is 0.